The van der Waals surface area contributed by atoms with Crippen molar-refractivity contribution >= 4 is 17.7 Å². The van der Waals surface area contributed by atoms with Gasteiger partial charge in [0.2, 0.25) is 5.91 Å². The van der Waals surface area contributed by atoms with Crippen LogP contribution in [0.4, 0.5) is 10.5 Å². The number of aryl methyl sites for hydroxylation is 1. The summed E-state index contributed by atoms with van der Waals surface area (Å²) in [4.78, 5) is 37.2. The molecule has 4 rings (SSSR count). The summed E-state index contributed by atoms with van der Waals surface area (Å²) in [5.74, 6) is 0.943. The van der Waals surface area contributed by atoms with Crippen molar-refractivity contribution in [3.63, 3.8) is 0 Å². The van der Waals surface area contributed by atoms with E-state index in [0.29, 0.717) is 39.3 Å². The molecule has 0 aliphatic carbocycles. The molecule has 2 amide bonds. The molecule has 2 aliphatic heterocycles. The second kappa shape index (κ2) is 10.2. The average molecular weight is 456 g/mol. The van der Waals surface area contributed by atoms with Gasteiger partial charge in [-0.1, -0.05) is 6.07 Å². The lowest BCUT2D eigenvalue weighted by molar-refractivity contribution is -0.134. The maximum absolute atomic E-state index is 12.8. The second-order valence-corrected chi connectivity index (χ2v) is 8.45. The maximum atomic E-state index is 12.8. The number of ether oxygens (including phenoxy) is 1. The Kier molecular flexibility index (Phi) is 7.12. The van der Waals surface area contributed by atoms with Crippen LogP contribution in [0.25, 0.3) is 5.82 Å². The Morgan fingerprint density at radius 1 is 0.970 bits per heavy atom. The molecule has 0 bridgehead atoms. The van der Waals surface area contributed by atoms with Crippen LogP contribution in [0.1, 0.15) is 18.3 Å². The number of nitrogens with zero attached hydrogens (tertiary/aromatic N) is 7. The van der Waals surface area contributed by atoms with Gasteiger partial charge in [-0.05, 0) is 32.9 Å². The van der Waals surface area contributed by atoms with E-state index in [4.69, 9.17) is 9.84 Å². The lowest BCUT2D eigenvalue weighted by Gasteiger charge is -2.38. The molecule has 2 aromatic rings. The fourth-order valence-electron chi connectivity index (χ4n) is 4.57. The van der Waals surface area contributed by atoms with Crippen molar-refractivity contribution in [3.05, 3.63) is 35.8 Å². The zero-order valence-electron chi connectivity index (χ0n) is 19.7. The predicted octanol–water partition coefficient (Wildman–Crippen LogP) is 1.31. The number of carbonyl (C=O) groups is 2. The van der Waals surface area contributed by atoms with Crippen molar-refractivity contribution in [3.8, 4) is 5.82 Å². The Balaban J connectivity index is 1.29. The van der Waals surface area contributed by atoms with E-state index in [1.54, 1.807) is 18.0 Å². The van der Waals surface area contributed by atoms with Gasteiger partial charge >= 0.3 is 6.09 Å². The first-order valence-corrected chi connectivity index (χ1v) is 11.6. The number of amides is 2. The van der Waals surface area contributed by atoms with Gasteiger partial charge < -0.3 is 19.4 Å². The number of hydrogen-bond donors (Lipinski definition) is 0. The van der Waals surface area contributed by atoms with Crippen LogP contribution in [0.5, 0.6) is 0 Å². The minimum Gasteiger partial charge on any atom is -0.450 e. The van der Waals surface area contributed by atoms with Crippen molar-refractivity contribution in [1.82, 2.24) is 29.5 Å². The van der Waals surface area contributed by atoms with Crippen molar-refractivity contribution < 1.29 is 14.3 Å². The van der Waals surface area contributed by atoms with E-state index < -0.39 is 0 Å². The van der Waals surface area contributed by atoms with Crippen LogP contribution >= 0.6 is 0 Å². The van der Waals surface area contributed by atoms with E-state index in [9.17, 15) is 9.59 Å². The first-order valence-electron chi connectivity index (χ1n) is 11.6. The van der Waals surface area contributed by atoms with Crippen LogP contribution in [0.15, 0.2) is 24.4 Å². The van der Waals surface area contributed by atoms with Crippen LogP contribution in [-0.2, 0) is 9.53 Å². The highest BCUT2D eigenvalue weighted by molar-refractivity contribution is 5.79. The van der Waals surface area contributed by atoms with Crippen molar-refractivity contribution in [2.24, 2.45) is 0 Å². The fourth-order valence-corrected chi connectivity index (χ4v) is 4.57. The van der Waals surface area contributed by atoms with Gasteiger partial charge in [-0.15, -0.1) is 0 Å². The molecule has 0 saturated carbocycles. The van der Waals surface area contributed by atoms with E-state index in [1.807, 2.05) is 34.7 Å². The Morgan fingerprint density at radius 3 is 2.30 bits per heavy atom. The standard InChI is InChI=1S/C23H33N7O3/c1-4-33-23(32)29-15-13-27(14-16-29)21(31)17-26-9-11-28(12-10-26)22-18(2)25-30(19(22)3)20-7-5-6-8-24-20/h5-8H,4,9-17H2,1-3H3. The van der Waals surface area contributed by atoms with Crippen LogP contribution in [-0.4, -0.2) is 107 Å². The highest BCUT2D eigenvalue weighted by atomic mass is 16.6. The normalized spacial score (nSPS) is 17.4. The van der Waals surface area contributed by atoms with Crippen molar-refractivity contribution in [1.29, 1.82) is 0 Å². The summed E-state index contributed by atoms with van der Waals surface area (Å²) >= 11 is 0. The van der Waals surface area contributed by atoms with Gasteiger partial charge in [-0.25, -0.2) is 14.5 Å². The summed E-state index contributed by atoms with van der Waals surface area (Å²) < 4.78 is 6.95. The van der Waals surface area contributed by atoms with Gasteiger partial charge in [0.1, 0.15) is 0 Å². The zero-order valence-corrected chi connectivity index (χ0v) is 19.7. The largest absolute Gasteiger partial charge is 0.450 e. The van der Waals surface area contributed by atoms with E-state index in [2.05, 4.69) is 21.7 Å². The molecule has 0 unspecified atom stereocenters. The first-order chi connectivity index (χ1) is 16.0. The van der Waals surface area contributed by atoms with Gasteiger partial charge in [0.05, 0.1) is 30.2 Å². The molecule has 2 aromatic heterocycles. The summed E-state index contributed by atoms with van der Waals surface area (Å²) in [6.45, 7) is 12.2. The SMILES string of the molecule is CCOC(=O)N1CCN(C(=O)CN2CCN(c3c(C)nn(-c4ccccn4)c3C)CC2)CC1. The number of rotatable bonds is 5. The summed E-state index contributed by atoms with van der Waals surface area (Å²) in [5, 5.41) is 4.72. The van der Waals surface area contributed by atoms with E-state index in [-0.39, 0.29) is 12.0 Å². The van der Waals surface area contributed by atoms with Gasteiger partial charge in [-0.2, -0.15) is 5.10 Å². The summed E-state index contributed by atoms with van der Waals surface area (Å²) in [6, 6.07) is 5.82. The van der Waals surface area contributed by atoms with Crippen LogP contribution in [0.3, 0.4) is 0 Å². The minimum absolute atomic E-state index is 0.127. The van der Waals surface area contributed by atoms with Crippen molar-refractivity contribution in [2.45, 2.75) is 20.8 Å². The molecule has 0 N–H and O–H groups in total. The fraction of sp³-hybridized carbons (Fsp3) is 0.565. The smallest absolute Gasteiger partial charge is 0.409 e. The Labute approximate surface area is 194 Å². The van der Waals surface area contributed by atoms with Crippen LogP contribution in [0.2, 0.25) is 0 Å². The molecule has 2 aliphatic rings. The lowest BCUT2D eigenvalue weighted by atomic mass is 10.2. The number of piperazine rings is 2. The molecular weight excluding hydrogens is 422 g/mol. The Morgan fingerprint density at radius 2 is 1.67 bits per heavy atom. The number of carbonyl (C=O) groups excluding carboxylic acids is 2. The molecule has 0 atom stereocenters. The molecule has 178 valence electrons. The molecule has 2 fully saturated rings. The van der Waals surface area contributed by atoms with Gasteiger partial charge in [0.25, 0.3) is 0 Å². The van der Waals surface area contributed by atoms with E-state index >= 15 is 0 Å². The van der Waals surface area contributed by atoms with Crippen molar-refractivity contribution in [2.75, 3.05) is 70.4 Å². The highest BCUT2D eigenvalue weighted by Gasteiger charge is 2.28. The third-order valence-electron chi connectivity index (χ3n) is 6.33. The molecule has 2 saturated heterocycles. The summed E-state index contributed by atoms with van der Waals surface area (Å²) in [5.41, 5.74) is 3.22. The lowest BCUT2D eigenvalue weighted by Crippen LogP contribution is -2.54. The monoisotopic (exact) mass is 455 g/mol. The Hall–Kier alpha value is -3.14. The molecule has 10 nitrogen and oxygen atoms in total. The Bertz CT molecular complexity index is 962. The highest BCUT2D eigenvalue weighted by Crippen LogP contribution is 2.27. The molecule has 10 heteroatoms. The third-order valence-corrected chi connectivity index (χ3v) is 6.33. The molecule has 0 spiro atoms. The van der Waals surface area contributed by atoms with Crippen LogP contribution < -0.4 is 4.90 Å². The number of hydrogen-bond acceptors (Lipinski definition) is 7. The summed E-state index contributed by atoms with van der Waals surface area (Å²) in [6.07, 6.45) is 1.48. The number of aromatic nitrogens is 3. The zero-order chi connectivity index (χ0) is 23.4. The molecule has 33 heavy (non-hydrogen) atoms. The predicted molar refractivity (Wildman–Crippen MR) is 125 cm³/mol. The molecule has 0 radical (unpaired) electrons. The summed E-state index contributed by atoms with van der Waals surface area (Å²) in [7, 11) is 0. The van der Waals surface area contributed by atoms with E-state index in [1.165, 1.54) is 0 Å². The second-order valence-electron chi connectivity index (χ2n) is 8.45. The maximum Gasteiger partial charge on any atom is 0.409 e. The molecule has 0 aromatic carbocycles. The van der Waals surface area contributed by atoms with Crippen LogP contribution in [0, 0.1) is 13.8 Å². The van der Waals surface area contributed by atoms with Gasteiger partial charge in [-0.3, -0.25) is 9.69 Å². The van der Waals surface area contributed by atoms with Gasteiger partial charge in [0, 0.05) is 58.6 Å². The topological polar surface area (TPSA) is 87.0 Å². The number of anilines is 1. The first kappa shape index (κ1) is 23.0. The average Bonchev–Trinajstić information content (AvgIpc) is 3.14. The minimum atomic E-state index is -0.294. The molecule has 4 heterocycles. The third kappa shape index (κ3) is 5.11. The van der Waals surface area contributed by atoms with Gasteiger partial charge in [0.15, 0.2) is 5.82 Å². The molecular formula is C23H33N7O3. The van der Waals surface area contributed by atoms with E-state index in [0.717, 1.165) is 49.1 Å². The quantitative estimate of drug-likeness (QED) is 0.672. The number of pyridine rings is 1.